The van der Waals surface area contributed by atoms with Crippen LogP contribution in [0.5, 0.6) is 0 Å². The molecule has 7 N–H and O–H groups in total. The third-order valence-corrected chi connectivity index (χ3v) is 28.5. The van der Waals surface area contributed by atoms with Crippen molar-refractivity contribution in [1.29, 1.82) is 0 Å². The molecule has 0 unspecified atom stereocenters. The number of hydrogen-bond donors (Lipinski definition) is 7. The molecule has 8 saturated carbocycles. The fourth-order valence-corrected chi connectivity index (χ4v) is 23.3. The molecule has 25 atom stereocenters. The van der Waals surface area contributed by atoms with Crippen molar-refractivity contribution in [3.63, 3.8) is 0 Å². The van der Waals surface area contributed by atoms with Crippen LogP contribution in [-0.2, 0) is 32.3 Å². The van der Waals surface area contributed by atoms with Crippen molar-refractivity contribution in [3.05, 3.63) is 95.6 Å². The molecular weight excluding hydrogens is 1170 g/mol. The number of fused-ring (bicyclic) bond motifs is 10. The van der Waals surface area contributed by atoms with Gasteiger partial charge in [-0.3, -0.25) is 19.2 Å². The lowest BCUT2D eigenvalue weighted by Crippen LogP contribution is -2.62. The van der Waals surface area contributed by atoms with E-state index >= 15 is 0 Å². The maximum absolute atomic E-state index is 14.4. The Balaban J connectivity index is 0.562. The van der Waals surface area contributed by atoms with Crippen molar-refractivity contribution in [1.82, 2.24) is 50.4 Å². The van der Waals surface area contributed by atoms with Crippen LogP contribution < -0.4 is 10.6 Å². The smallest absolute Gasteiger partial charge is 0.250 e. The predicted molar refractivity (Wildman–Crippen MR) is 347 cm³/mol. The minimum atomic E-state index is -0.686. The highest BCUT2D eigenvalue weighted by Gasteiger charge is 2.67. The van der Waals surface area contributed by atoms with Gasteiger partial charge in [-0.05, 0) is 213 Å². The SMILES string of the molecule is C[C@H](CCC(=O)NCc1cn([C@@H]2C(=O)N(CCN3C(=O)[C@@H](n4cc(CNC(=O)CC[C@@H](C)[C@H]5CC[C@H]6[C@@H]7[C@H](O)C[C@@H]8C[C@H](O)CC[C@]8(C)[C@H]7C[C@H](O)[C@]56C)nn4)[C@H]3c3ccccc3)[C@@H]2c2ccccc2)nn1)[C@H]1CC[C@H]2[C@@H]3CC[C@@H]4C[C@H](O)CC[C@]4(C)[C@H]3C[C@H](O)[C@]12C. The van der Waals surface area contributed by atoms with Gasteiger partial charge >= 0.3 is 0 Å². The Bertz CT molecular complexity index is 3370. The van der Waals surface area contributed by atoms with Gasteiger partial charge in [-0.1, -0.05) is 113 Å². The predicted octanol–water partition coefficient (Wildman–Crippen LogP) is 8.84. The van der Waals surface area contributed by atoms with Crippen LogP contribution >= 0.6 is 0 Å². The minimum Gasteiger partial charge on any atom is -0.393 e. The summed E-state index contributed by atoms with van der Waals surface area (Å²) in [5.74, 6) is 3.55. The molecule has 504 valence electrons. The molecule has 19 heteroatoms. The quantitative estimate of drug-likeness (QED) is 0.0434. The number of amides is 4. The summed E-state index contributed by atoms with van der Waals surface area (Å²) in [6, 6.07) is 17.5. The number of aliphatic hydroxyl groups is 5. The Kier molecular flexibility index (Phi) is 17.5. The molecule has 19 nitrogen and oxygen atoms in total. The van der Waals surface area contributed by atoms with E-state index in [4.69, 9.17) is 0 Å². The van der Waals surface area contributed by atoms with Crippen LogP contribution in [0.25, 0.3) is 0 Å². The molecule has 2 aromatic heterocycles. The Morgan fingerprint density at radius 1 is 0.538 bits per heavy atom. The zero-order chi connectivity index (χ0) is 65.0. The second-order valence-electron chi connectivity index (χ2n) is 32.5. The van der Waals surface area contributed by atoms with E-state index in [1.165, 1.54) is 12.8 Å². The van der Waals surface area contributed by atoms with E-state index in [0.717, 1.165) is 94.6 Å². The van der Waals surface area contributed by atoms with Crippen molar-refractivity contribution in [2.24, 2.45) is 92.7 Å². The van der Waals surface area contributed by atoms with E-state index in [1.54, 1.807) is 31.6 Å². The van der Waals surface area contributed by atoms with E-state index in [9.17, 15) is 44.7 Å². The van der Waals surface area contributed by atoms with Gasteiger partial charge in [-0.25, -0.2) is 9.36 Å². The molecule has 0 radical (unpaired) electrons. The van der Waals surface area contributed by atoms with Gasteiger partial charge in [0.1, 0.15) is 11.4 Å². The first kappa shape index (κ1) is 64.7. The molecule has 93 heavy (non-hydrogen) atoms. The highest BCUT2D eigenvalue weighted by Crippen LogP contribution is 2.70. The first-order chi connectivity index (χ1) is 44.6. The van der Waals surface area contributed by atoms with Crippen molar-refractivity contribution in [3.8, 4) is 0 Å². The minimum absolute atomic E-state index is 0.0136. The van der Waals surface area contributed by atoms with Crippen LogP contribution in [0.3, 0.4) is 0 Å². The van der Waals surface area contributed by atoms with Crippen molar-refractivity contribution in [2.75, 3.05) is 13.1 Å². The molecule has 4 aromatic rings. The van der Waals surface area contributed by atoms with E-state index in [-0.39, 0.29) is 137 Å². The maximum atomic E-state index is 14.4. The fraction of sp³-hybridized carbons (Fsp3) is 0.730. The maximum Gasteiger partial charge on any atom is 0.250 e. The lowest BCUT2D eigenvalue weighted by molar-refractivity contribution is -0.207. The molecule has 4 amide bonds. The standard InChI is InChI=1S/C74H104N10O9/c1-42(53-21-23-55-52-20-19-46-33-50(85)27-29-71(46,3)57(52)36-60(88)73(53,55)5)17-25-62(90)75-38-48-40-83(79-77-48)67-65(44-13-9-7-10-14-44)81(69(67)92)31-32-82-66(45-15-11-8-12-16-45)68(70(82)93)84-41-49(78-80-84)39-76-63(91)26-18-43(2)54-22-24-56-64-58(37-61(89)74(54,56)6)72(4)30-28-51(86)34-47(72)35-59(64)87/h7-16,40-43,46-47,50-61,64-68,85-89H,17-39H2,1-6H3,(H,75,90)(H,76,91)/t42-,43-,46-,47+,50-,51-,52+,53-,54-,55+,56+,57+,58+,59-,60+,61+,64+,65-,66-,67+,68+,71+,72+,73-,74-/m1/s1. The second kappa shape index (κ2) is 25.1. The zero-order valence-electron chi connectivity index (χ0n) is 55.8. The number of aliphatic hydroxyl groups excluding tert-OH is 5. The summed E-state index contributed by atoms with van der Waals surface area (Å²) >= 11 is 0. The molecule has 0 bridgehead atoms. The Morgan fingerprint density at radius 3 is 1.52 bits per heavy atom. The average molecular weight is 1280 g/mol. The third-order valence-electron chi connectivity index (χ3n) is 28.5. The summed E-state index contributed by atoms with van der Waals surface area (Å²) in [6.07, 6.45) is 17.8. The first-order valence-corrected chi connectivity index (χ1v) is 36.1. The van der Waals surface area contributed by atoms with E-state index in [1.807, 2.05) is 60.7 Å². The van der Waals surface area contributed by atoms with Gasteiger partial charge in [0.15, 0.2) is 12.1 Å². The van der Waals surface area contributed by atoms with Crippen LogP contribution in [0.1, 0.15) is 210 Å². The topological polar surface area (TPSA) is 261 Å². The van der Waals surface area contributed by atoms with Gasteiger partial charge < -0.3 is 46.0 Å². The van der Waals surface area contributed by atoms with Crippen molar-refractivity contribution < 1.29 is 44.7 Å². The number of likely N-dealkylation sites (tertiary alicyclic amines) is 2. The molecule has 4 heterocycles. The highest BCUT2D eigenvalue weighted by atomic mass is 16.3. The van der Waals surface area contributed by atoms with Crippen LogP contribution in [0.2, 0.25) is 0 Å². The van der Waals surface area contributed by atoms with Crippen molar-refractivity contribution in [2.45, 2.75) is 231 Å². The number of rotatable bonds is 19. The van der Waals surface area contributed by atoms with Gasteiger partial charge in [-0.2, -0.15) is 0 Å². The average Bonchev–Trinajstić information content (AvgIpc) is 1.69. The van der Waals surface area contributed by atoms with E-state index in [2.05, 4.69) is 72.8 Å². The van der Waals surface area contributed by atoms with Crippen LogP contribution in [0.4, 0.5) is 0 Å². The Labute approximate surface area is 549 Å². The monoisotopic (exact) mass is 1280 g/mol. The van der Waals surface area contributed by atoms with Crippen molar-refractivity contribution >= 4 is 23.6 Å². The largest absolute Gasteiger partial charge is 0.393 e. The summed E-state index contributed by atoms with van der Waals surface area (Å²) < 4.78 is 3.20. The number of β-lactam (4-membered cyclic amide) rings is 2. The highest BCUT2D eigenvalue weighted by molar-refractivity contribution is 5.90. The number of carbonyl (C=O) groups excluding carboxylic acids is 4. The van der Waals surface area contributed by atoms with Gasteiger partial charge in [0.2, 0.25) is 11.8 Å². The lowest BCUT2D eigenvalue weighted by Gasteiger charge is -2.63. The molecule has 0 spiro atoms. The summed E-state index contributed by atoms with van der Waals surface area (Å²) in [6.45, 7) is 14.8. The molecule has 2 aliphatic heterocycles. The number of carbonyl (C=O) groups is 4. The summed E-state index contributed by atoms with van der Waals surface area (Å²) in [5.41, 5.74) is 2.61. The van der Waals surface area contributed by atoms with E-state index in [0.29, 0.717) is 66.7 Å². The summed E-state index contributed by atoms with van der Waals surface area (Å²) in [7, 11) is 0. The van der Waals surface area contributed by atoms with Gasteiger partial charge in [0.05, 0.1) is 68.1 Å². The molecule has 10 fully saturated rings. The summed E-state index contributed by atoms with van der Waals surface area (Å²) in [4.78, 5) is 59.5. The third kappa shape index (κ3) is 11.0. The molecular formula is C74H104N10O9. The number of benzene rings is 2. The van der Waals surface area contributed by atoms with Crippen LogP contribution in [0, 0.1) is 92.7 Å². The summed E-state index contributed by atoms with van der Waals surface area (Å²) in [5, 5.41) is 80.9. The Hall–Kier alpha value is -5.60. The van der Waals surface area contributed by atoms with E-state index < -0.39 is 30.3 Å². The normalized spacial score (nSPS) is 41.5. The molecule has 2 aromatic carbocycles. The molecule has 10 aliphatic rings. The first-order valence-electron chi connectivity index (χ1n) is 36.1. The van der Waals surface area contributed by atoms with Gasteiger partial charge in [-0.15, -0.1) is 10.2 Å². The lowest BCUT2D eigenvalue weighted by atomic mass is 9.43. The number of hydrogen-bond acceptors (Lipinski definition) is 13. The van der Waals surface area contributed by atoms with Gasteiger partial charge in [0, 0.05) is 25.9 Å². The molecule has 2 saturated heterocycles. The molecule has 8 aliphatic carbocycles. The Morgan fingerprint density at radius 2 is 1.00 bits per heavy atom. The van der Waals surface area contributed by atoms with Gasteiger partial charge in [0.25, 0.3) is 11.8 Å². The second-order valence-corrected chi connectivity index (χ2v) is 32.5. The zero-order valence-corrected chi connectivity index (χ0v) is 55.8. The fourth-order valence-electron chi connectivity index (χ4n) is 23.3. The number of nitrogens with zero attached hydrogens (tertiary/aromatic N) is 8. The number of nitrogens with one attached hydrogen (secondary N) is 2. The van der Waals surface area contributed by atoms with Crippen LogP contribution in [-0.4, -0.2) is 133 Å². The van der Waals surface area contributed by atoms with Crippen LogP contribution in [0.15, 0.2) is 73.1 Å². The number of aromatic nitrogens is 6. The molecule has 14 rings (SSSR count).